The van der Waals surface area contributed by atoms with Crippen molar-refractivity contribution in [3.05, 3.63) is 46.4 Å². The van der Waals surface area contributed by atoms with E-state index in [9.17, 15) is 0 Å². The number of aromatic nitrogens is 3. The lowest BCUT2D eigenvalue weighted by atomic mass is 10.2. The molecule has 6 heteroatoms. The van der Waals surface area contributed by atoms with Crippen LogP contribution < -0.4 is 0 Å². The van der Waals surface area contributed by atoms with Crippen LogP contribution in [0.25, 0.3) is 11.5 Å². The molecule has 0 aliphatic rings. The number of benzene rings is 1. The summed E-state index contributed by atoms with van der Waals surface area (Å²) >= 11 is 3.21. The van der Waals surface area contributed by atoms with Gasteiger partial charge in [-0.3, -0.25) is 0 Å². The second kappa shape index (κ2) is 6.19. The maximum absolute atomic E-state index is 5.64. The van der Waals surface area contributed by atoms with E-state index in [1.807, 2.05) is 30.3 Å². The minimum atomic E-state index is 0.556. The molecule has 0 spiro atoms. The van der Waals surface area contributed by atoms with Gasteiger partial charge in [0.15, 0.2) is 0 Å². The Bertz CT molecular complexity index is 679. The standard InChI is InChI=1S/C14H13N3OS2/c1-2-12-15-11(8-19-12)9-20-14-17-16-13(18-14)10-6-4-3-5-7-10/h3-8H,2,9H2,1H3. The van der Waals surface area contributed by atoms with Crippen LogP contribution in [0.15, 0.2) is 45.4 Å². The SMILES string of the molecule is CCc1nc(CSc2nnc(-c3ccccc3)o2)cs1. The third kappa shape index (κ3) is 3.08. The Morgan fingerprint density at radius 2 is 2.05 bits per heavy atom. The number of aryl methyl sites for hydroxylation is 1. The smallest absolute Gasteiger partial charge is 0.277 e. The maximum atomic E-state index is 5.64. The van der Waals surface area contributed by atoms with Crippen molar-refractivity contribution in [2.45, 2.75) is 24.3 Å². The highest BCUT2D eigenvalue weighted by molar-refractivity contribution is 7.98. The fourth-order valence-corrected chi connectivity index (χ4v) is 3.18. The molecule has 1 aromatic carbocycles. The van der Waals surface area contributed by atoms with Gasteiger partial charge in [0.05, 0.1) is 10.7 Å². The van der Waals surface area contributed by atoms with E-state index in [0.717, 1.165) is 28.4 Å². The van der Waals surface area contributed by atoms with Gasteiger partial charge in [0.25, 0.3) is 5.22 Å². The molecule has 0 radical (unpaired) electrons. The lowest BCUT2D eigenvalue weighted by Gasteiger charge is -1.93. The van der Waals surface area contributed by atoms with E-state index < -0.39 is 0 Å². The Morgan fingerprint density at radius 3 is 2.80 bits per heavy atom. The zero-order valence-corrected chi connectivity index (χ0v) is 12.6. The predicted octanol–water partition coefficient (Wildman–Crippen LogP) is 4.05. The first-order valence-corrected chi connectivity index (χ1v) is 8.16. The normalized spacial score (nSPS) is 10.8. The van der Waals surface area contributed by atoms with Gasteiger partial charge in [-0.25, -0.2) is 4.98 Å². The molecule has 0 unspecified atom stereocenters. The molecule has 0 bridgehead atoms. The Balaban J connectivity index is 1.65. The highest BCUT2D eigenvalue weighted by atomic mass is 32.2. The quantitative estimate of drug-likeness (QED) is 0.666. The molecule has 3 aromatic rings. The van der Waals surface area contributed by atoms with Crippen LogP contribution in [0.3, 0.4) is 0 Å². The summed E-state index contributed by atoms with van der Waals surface area (Å²) in [4.78, 5) is 4.52. The van der Waals surface area contributed by atoms with Crippen molar-refractivity contribution in [1.82, 2.24) is 15.2 Å². The first-order valence-electron chi connectivity index (χ1n) is 6.30. The first kappa shape index (κ1) is 13.3. The number of hydrogen-bond acceptors (Lipinski definition) is 6. The second-order valence-electron chi connectivity index (χ2n) is 4.11. The Kier molecular flexibility index (Phi) is 4.13. The monoisotopic (exact) mass is 303 g/mol. The van der Waals surface area contributed by atoms with E-state index in [0.29, 0.717) is 11.1 Å². The molecular formula is C14H13N3OS2. The van der Waals surface area contributed by atoms with Gasteiger partial charge in [0.1, 0.15) is 0 Å². The molecule has 0 atom stereocenters. The predicted molar refractivity (Wildman–Crippen MR) is 80.8 cm³/mol. The third-order valence-corrected chi connectivity index (χ3v) is 4.57. The van der Waals surface area contributed by atoms with Gasteiger partial charge in [-0.1, -0.05) is 36.9 Å². The van der Waals surface area contributed by atoms with E-state index in [2.05, 4.69) is 27.5 Å². The van der Waals surface area contributed by atoms with Crippen molar-refractivity contribution in [2.24, 2.45) is 0 Å². The van der Waals surface area contributed by atoms with Crippen molar-refractivity contribution in [2.75, 3.05) is 0 Å². The average molecular weight is 303 g/mol. The molecular weight excluding hydrogens is 290 g/mol. The van der Waals surface area contributed by atoms with Crippen LogP contribution in [0, 0.1) is 0 Å². The summed E-state index contributed by atoms with van der Waals surface area (Å²) in [7, 11) is 0. The number of thioether (sulfide) groups is 1. The van der Waals surface area contributed by atoms with Gasteiger partial charge in [-0.15, -0.1) is 21.5 Å². The van der Waals surface area contributed by atoms with Crippen LogP contribution in [0.4, 0.5) is 0 Å². The second-order valence-corrected chi connectivity index (χ2v) is 5.98. The van der Waals surface area contributed by atoms with Gasteiger partial charge in [-0.05, 0) is 18.6 Å². The topological polar surface area (TPSA) is 51.8 Å². The van der Waals surface area contributed by atoms with E-state index in [4.69, 9.17) is 4.42 Å². The summed E-state index contributed by atoms with van der Waals surface area (Å²) in [5.74, 6) is 1.31. The van der Waals surface area contributed by atoms with Crippen molar-refractivity contribution in [1.29, 1.82) is 0 Å². The summed E-state index contributed by atoms with van der Waals surface area (Å²) in [6.07, 6.45) is 0.980. The van der Waals surface area contributed by atoms with E-state index >= 15 is 0 Å². The Hall–Kier alpha value is -1.66. The third-order valence-electron chi connectivity index (χ3n) is 2.67. The van der Waals surface area contributed by atoms with Crippen molar-refractivity contribution >= 4 is 23.1 Å². The molecule has 3 rings (SSSR count). The summed E-state index contributed by atoms with van der Waals surface area (Å²) in [6, 6.07) is 9.77. The van der Waals surface area contributed by atoms with Crippen molar-refractivity contribution in [3.63, 3.8) is 0 Å². The fraction of sp³-hybridized carbons (Fsp3) is 0.214. The molecule has 102 valence electrons. The number of rotatable bonds is 5. The molecule has 0 saturated carbocycles. The summed E-state index contributed by atoms with van der Waals surface area (Å²) in [5.41, 5.74) is 2.00. The van der Waals surface area contributed by atoms with Crippen LogP contribution in [0.2, 0.25) is 0 Å². The van der Waals surface area contributed by atoms with Crippen LogP contribution >= 0.6 is 23.1 Å². The molecule has 0 fully saturated rings. The fourth-order valence-electron chi connectivity index (χ4n) is 1.68. The van der Waals surface area contributed by atoms with Crippen molar-refractivity contribution in [3.8, 4) is 11.5 Å². The molecule has 2 aromatic heterocycles. The van der Waals surface area contributed by atoms with Crippen LogP contribution in [-0.4, -0.2) is 15.2 Å². The van der Waals surface area contributed by atoms with E-state index in [-0.39, 0.29) is 0 Å². The van der Waals surface area contributed by atoms with E-state index in [1.165, 1.54) is 11.8 Å². The molecule has 0 aliphatic heterocycles. The highest BCUT2D eigenvalue weighted by Crippen LogP contribution is 2.26. The molecule has 2 heterocycles. The van der Waals surface area contributed by atoms with Crippen molar-refractivity contribution < 1.29 is 4.42 Å². The molecule has 0 N–H and O–H groups in total. The zero-order chi connectivity index (χ0) is 13.8. The van der Waals surface area contributed by atoms with Crippen LogP contribution in [-0.2, 0) is 12.2 Å². The minimum Gasteiger partial charge on any atom is -0.411 e. The maximum Gasteiger partial charge on any atom is 0.277 e. The average Bonchev–Trinajstić information content (AvgIpc) is 3.15. The molecule has 0 aliphatic carbocycles. The Labute approximate surface area is 125 Å². The van der Waals surface area contributed by atoms with Crippen LogP contribution in [0.5, 0.6) is 0 Å². The number of nitrogens with zero attached hydrogens (tertiary/aromatic N) is 3. The number of thiazole rings is 1. The lowest BCUT2D eigenvalue weighted by molar-refractivity contribution is 0.466. The molecule has 4 nitrogen and oxygen atoms in total. The molecule has 0 amide bonds. The van der Waals surface area contributed by atoms with Gasteiger partial charge >= 0.3 is 0 Å². The summed E-state index contributed by atoms with van der Waals surface area (Å²) < 4.78 is 5.64. The van der Waals surface area contributed by atoms with Gasteiger partial charge in [0.2, 0.25) is 5.89 Å². The highest BCUT2D eigenvalue weighted by Gasteiger charge is 2.09. The lowest BCUT2D eigenvalue weighted by Crippen LogP contribution is -1.83. The summed E-state index contributed by atoms with van der Waals surface area (Å²) in [5, 5.41) is 11.9. The zero-order valence-electron chi connectivity index (χ0n) is 10.9. The Morgan fingerprint density at radius 1 is 1.20 bits per heavy atom. The summed E-state index contributed by atoms with van der Waals surface area (Å²) in [6.45, 7) is 2.11. The van der Waals surface area contributed by atoms with Gasteiger partial charge in [0, 0.05) is 16.7 Å². The molecule has 20 heavy (non-hydrogen) atoms. The number of hydrogen-bond donors (Lipinski definition) is 0. The van der Waals surface area contributed by atoms with Gasteiger partial charge < -0.3 is 4.42 Å². The van der Waals surface area contributed by atoms with Crippen LogP contribution in [0.1, 0.15) is 17.6 Å². The minimum absolute atomic E-state index is 0.556. The largest absolute Gasteiger partial charge is 0.411 e. The van der Waals surface area contributed by atoms with Gasteiger partial charge in [-0.2, -0.15) is 0 Å². The van der Waals surface area contributed by atoms with E-state index in [1.54, 1.807) is 11.3 Å². The first-order chi connectivity index (χ1) is 9.85. The molecule has 0 saturated heterocycles.